The van der Waals surface area contributed by atoms with E-state index in [0.717, 1.165) is 51.5 Å². The Hall–Kier alpha value is 0.690. The van der Waals surface area contributed by atoms with Crippen LogP contribution in [0.2, 0.25) is 0 Å². The van der Waals surface area contributed by atoms with Gasteiger partial charge in [0, 0.05) is 16.0 Å². The van der Waals surface area contributed by atoms with Gasteiger partial charge in [-0.05, 0) is 81.0 Å². The molecule has 0 aromatic rings. The van der Waals surface area contributed by atoms with Crippen LogP contribution in [0.3, 0.4) is 0 Å². The Morgan fingerprint density at radius 1 is 0.947 bits per heavy atom. The second kappa shape index (κ2) is 4.86. The summed E-state index contributed by atoms with van der Waals surface area (Å²) in [5.41, 5.74) is 0. The van der Waals surface area contributed by atoms with E-state index in [1.165, 1.54) is 32.1 Å². The van der Waals surface area contributed by atoms with Gasteiger partial charge in [0.2, 0.25) is 0 Å². The monoisotopic (exact) mass is 373 g/mol. The first kappa shape index (κ1) is 13.4. The summed E-state index contributed by atoms with van der Waals surface area (Å²) in [5.74, 6) is 6.22. The van der Waals surface area contributed by atoms with Gasteiger partial charge in [0.05, 0.1) is 0 Å². The first-order valence-corrected chi connectivity index (χ1v) is 9.80. The minimum Gasteiger partial charge on any atom is -0.311 e. The maximum atomic E-state index is 4.13. The molecule has 108 valence electrons. The molecule has 0 aromatic carbocycles. The average molecular weight is 373 g/mol. The molecule has 1 N–H and O–H groups in total. The number of nitrogens with one attached hydrogen (secondary N) is 1. The summed E-state index contributed by atoms with van der Waals surface area (Å²) in [6.07, 6.45) is 9.15. The number of hydrogen-bond acceptors (Lipinski definition) is 1. The normalized spacial score (nSPS) is 54.2. The van der Waals surface area contributed by atoms with E-state index in [2.05, 4.69) is 41.8 Å². The molecule has 2 heteroatoms. The molecule has 0 aliphatic heterocycles. The molecule has 0 amide bonds. The van der Waals surface area contributed by atoms with Crippen molar-refractivity contribution in [2.24, 2.45) is 35.5 Å². The van der Waals surface area contributed by atoms with E-state index in [-0.39, 0.29) is 0 Å². The van der Waals surface area contributed by atoms with Crippen LogP contribution in [0.15, 0.2) is 0 Å². The second-order valence-electron chi connectivity index (χ2n) is 7.97. The zero-order valence-corrected chi connectivity index (χ0v) is 14.5. The molecule has 5 aliphatic carbocycles. The Kier molecular flexibility index (Phi) is 3.42. The minimum atomic E-state index is 0.794. The molecule has 5 fully saturated rings. The molecule has 1 nitrogen and oxygen atoms in total. The molecule has 8 atom stereocenters. The average Bonchev–Trinajstić information content (AvgIpc) is 3.07. The van der Waals surface area contributed by atoms with Gasteiger partial charge in [0.15, 0.2) is 0 Å². The topological polar surface area (TPSA) is 12.0 Å². The third-order valence-electron chi connectivity index (χ3n) is 7.19. The summed E-state index contributed by atoms with van der Waals surface area (Å²) in [5, 5.41) is 4.13. The highest BCUT2D eigenvalue weighted by molar-refractivity contribution is 14.1. The second-order valence-corrected chi connectivity index (χ2v) is 9.93. The first-order chi connectivity index (χ1) is 9.15. The maximum absolute atomic E-state index is 4.13. The van der Waals surface area contributed by atoms with Gasteiger partial charge in [-0.1, -0.05) is 29.5 Å². The van der Waals surface area contributed by atoms with Gasteiger partial charge < -0.3 is 5.32 Å². The highest BCUT2D eigenvalue weighted by Gasteiger charge is 2.52. The Morgan fingerprint density at radius 3 is 2.21 bits per heavy atom. The van der Waals surface area contributed by atoms with Crippen molar-refractivity contribution in [3.8, 4) is 0 Å². The number of alkyl halides is 1. The number of hydrogen-bond donors (Lipinski definition) is 1. The van der Waals surface area contributed by atoms with E-state index >= 15 is 0 Å². The van der Waals surface area contributed by atoms with E-state index in [9.17, 15) is 0 Å². The zero-order chi connectivity index (χ0) is 13.1. The van der Waals surface area contributed by atoms with Crippen LogP contribution in [0.4, 0.5) is 0 Å². The summed E-state index contributed by atoms with van der Waals surface area (Å²) in [7, 11) is 0. The fraction of sp³-hybridized carbons (Fsp3) is 1.00. The first-order valence-electron chi connectivity index (χ1n) is 8.55. The molecule has 5 aliphatic rings. The Bertz CT molecular complexity index is 341. The van der Waals surface area contributed by atoms with Crippen LogP contribution in [0.5, 0.6) is 0 Å². The minimum absolute atomic E-state index is 0.794. The SMILES string of the molecule is CC(I)C1CC2CC[C@@H]1C2NC(C)C1C2CCC1C2. The van der Waals surface area contributed by atoms with Crippen molar-refractivity contribution in [3.63, 3.8) is 0 Å². The number of halogens is 1. The summed E-state index contributed by atoms with van der Waals surface area (Å²) in [6.45, 7) is 4.92. The van der Waals surface area contributed by atoms with Crippen LogP contribution in [0.25, 0.3) is 0 Å². The molecule has 7 unspecified atom stereocenters. The van der Waals surface area contributed by atoms with E-state index in [4.69, 9.17) is 0 Å². The molecule has 5 saturated carbocycles. The summed E-state index contributed by atoms with van der Waals surface area (Å²) < 4.78 is 0.868. The molecule has 0 radical (unpaired) electrons. The molecule has 4 bridgehead atoms. The molecule has 19 heavy (non-hydrogen) atoms. The van der Waals surface area contributed by atoms with Crippen molar-refractivity contribution in [3.05, 3.63) is 0 Å². The van der Waals surface area contributed by atoms with Gasteiger partial charge in [-0.2, -0.15) is 0 Å². The van der Waals surface area contributed by atoms with Gasteiger partial charge in [-0.15, -0.1) is 0 Å². The van der Waals surface area contributed by atoms with Crippen molar-refractivity contribution < 1.29 is 0 Å². The molecular weight excluding hydrogens is 345 g/mol. The van der Waals surface area contributed by atoms with Crippen LogP contribution in [-0.4, -0.2) is 16.0 Å². The van der Waals surface area contributed by atoms with Gasteiger partial charge in [0.25, 0.3) is 0 Å². The lowest BCUT2D eigenvalue weighted by atomic mass is 9.68. The summed E-state index contributed by atoms with van der Waals surface area (Å²) in [4.78, 5) is 0. The predicted octanol–water partition coefficient (Wildman–Crippen LogP) is 4.25. The van der Waals surface area contributed by atoms with Crippen LogP contribution < -0.4 is 5.32 Å². The Morgan fingerprint density at radius 2 is 1.63 bits per heavy atom. The quantitative estimate of drug-likeness (QED) is 0.574. The van der Waals surface area contributed by atoms with Crippen molar-refractivity contribution in [1.82, 2.24) is 5.32 Å². The van der Waals surface area contributed by atoms with Crippen LogP contribution >= 0.6 is 22.6 Å². The predicted molar refractivity (Wildman–Crippen MR) is 88.5 cm³/mol. The van der Waals surface area contributed by atoms with Crippen LogP contribution in [0.1, 0.15) is 52.4 Å². The lowest BCUT2D eigenvalue weighted by Crippen LogP contribution is -2.49. The van der Waals surface area contributed by atoms with Gasteiger partial charge in [-0.3, -0.25) is 0 Å². The molecule has 0 saturated heterocycles. The zero-order valence-electron chi connectivity index (χ0n) is 12.3. The lowest BCUT2D eigenvalue weighted by molar-refractivity contribution is 0.103. The number of rotatable bonds is 4. The highest BCUT2D eigenvalue weighted by Crippen LogP contribution is 2.56. The van der Waals surface area contributed by atoms with Gasteiger partial charge >= 0.3 is 0 Å². The van der Waals surface area contributed by atoms with Gasteiger partial charge in [-0.25, -0.2) is 0 Å². The van der Waals surface area contributed by atoms with E-state index in [1.54, 1.807) is 6.42 Å². The number of fused-ring (bicyclic) bond motifs is 3. The van der Waals surface area contributed by atoms with Crippen LogP contribution in [-0.2, 0) is 0 Å². The molecule has 0 spiro atoms. The van der Waals surface area contributed by atoms with Crippen LogP contribution in [0, 0.1) is 35.5 Å². The van der Waals surface area contributed by atoms with Gasteiger partial charge in [0.1, 0.15) is 0 Å². The molecular formula is C17H28IN. The van der Waals surface area contributed by atoms with Crippen molar-refractivity contribution in [1.29, 1.82) is 0 Å². The van der Waals surface area contributed by atoms with E-state index < -0.39 is 0 Å². The summed E-state index contributed by atoms with van der Waals surface area (Å²) >= 11 is 2.67. The van der Waals surface area contributed by atoms with E-state index in [0.29, 0.717) is 0 Å². The third kappa shape index (κ3) is 2.03. The van der Waals surface area contributed by atoms with Crippen molar-refractivity contribution in [2.75, 3.05) is 0 Å². The highest BCUT2D eigenvalue weighted by atomic mass is 127. The maximum Gasteiger partial charge on any atom is 0.0129 e. The van der Waals surface area contributed by atoms with E-state index in [1.807, 2.05) is 0 Å². The Labute approximate surface area is 131 Å². The van der Waals surface area contributed by atoms with Crippen molar-refractivity contribution in [2.45, 2.75) is 68.4 Å². The Balaban J connectivity index is 1.41. The fourth-order valence-electron chi connectivity index (χ4n) is 6.34. The molecule has 0 heterocycles. The largest absolute Gasteiger partial charge is 0.311 e. The van der Waals surface area contributed by atoms with Crippen molar-refractivity contribution >= 4 is 22.6 Å². The summed E-state index contributed by atoms with van der Waals surface area (Å²) in [6, 6.07) is 1.67. The fourth-order valence-corrected chi connectivity index (χ4v) is 7.17. The lowest BCUT2D eigenvalue weighted by Gasteiger charge is -2.42. The molecule has 0 aromatic heterocycles. The standard InChI is InChI=1S/C17H28IN/c1-9(18)15-8-13-5-6-14(15)17(13)19-10(2)16-11-3-4-12(16)7-11/h9-17,19H,3-8H2,1-2H3/t9?,10?,11?,12?,13?,14-,15?,16?,17?/m0/s1. The molecule has 5 rings (SSSR count). The third-order valence-corrected chi connectivity index (χ3v) is 8.11. The smallest absolute Gasteiger partial charge is 0.0129 e.